The minimum absolute atomic E-state index is 0.00551. The summed E-state index contributed by atoms with van der Waals surface area (Å²) in [6, 6.07) is 0. The molecule has 1 N–H and O–H groups in total. The molecule has 0 aromatic carbocycles. The number of amides is 2. The topological polar surface area (TPSA) is 46.2 Å². The minimum atomic E-state index is -0.0662. The van der Waals surface area contributed by atoms with E-state index < -0.39 is 0 Å². The van der Waals surface area contributed by atoms with E-state index in [2.05, 4.69) is 5.32 Å². The summed E-state index contributed by atoms with van der Waals surface area (Å²) in [6.45, 7) is 0. The molecule has 1 heterocycles. The van der Waals surface area contributed by atoms with Gasteiger partial charge in [0.15, 0.2) is 0 Å². The quantitative estimate of drug-likeness (QED) is 0.723. The molecule has 2 aliphatic carbocycles. The number of carbonyl (C=O) groups excluding carboxylic acids is 2. The highest BCUT2D eigenvalue weighted by Crippen LogP contribution is 2.47. The van der Waals surface area contributed by atoms with E-state index in [9.17, 15) is 9.59 Å². The van der Waals surface area contributed by atoms with E-state index in [1.165, 1.54) is 32.1 Å². The van der Waals surface area contributed by atoms with E-state index in [0.29, 0.717) is 12.3 Å². The maximum atomic E-state index is 11.6. The number of imide groups is 1. The number of nitrogens with one attached hydrogen (secondary N) is 1. The molecular formula is C13H19NO2. The summed E-state index contributed by atoms with van der Waals surface area (Å²) in [7, 11) is 0. The Hall–Kier alpha value is -0.860. The SMILES string of the molecule is O=C1CC(C2CCCC(C3CC3)C2)C(=O)N1. The maximum absolute atomic E-state index is 11.6. The molecule has 1 saturated heterocycles. The van der Waals surface area contributed by atoms with E-state index in [4.69, 9.17) is 0 Å². The van der Waals surface area contributed by atoms with Gasteiger partial charge in [-0.15, -0.1) is 0 Å². The van der Waals surface area contributed by atoms with Gasteiger partial charge in [0.1, 0.15) is 0 Å². The molecule has 3 heteroatoms. The van der Waals surface area contributed by atoms with Gasteiger partial charge in [0.05, 0.1) is 0 Å². The van der Waals surface area contributed by atoms with Gasteiger partial charge < -0.3 is 0 Å². The largest absolute Gasteiger partial charge is 0.296 e. The molecule has 16 heavy (non-hydrogen) atoms. The molecule has 3 rings (SSSR count). The van der Waals surface area contributed by atoms with Gasteiger partial charge in [-0.2, -0.15) is 0 Å². The summed E-state index contributed by atoms with van der Waals surface area (Å²) in [6.07, 6.45) is 8.18. The van der Waals surface area contributed by atoms with Gasteiger partial charge in [-0.3, -0.25) is 14.9 Å². The Morgan fingerprint density at radius 1 is 0.938 bits per heavy atom. The molecule has 3 nitrogen and oxygen atoms in total. The van der Waals surface area contributed by atoms with Crippen molar-refractivity contribution in [3.8, 4) is 0 Å². The Bertz CT molecular complexity index is 322. The van der Waals surface area contributed by atoms with Crippen molar-refractivity contribution in [2.75, 3.05) is 0 Å². The van der Waals surface area contributed by atoms with E-state index in [1.807, 2.05) is 0 Å². The molecule has 88 valence electrons. The minimum Gasteiger partial charge on any atom is -0.296 e. The van der Waals surface area contributed by atoms with Crippen molar-refractivity contribution in [3.63, 3.8) is 0 Å². The maximum Gasteiger partial charge on any atom is 0.230 e. The predicted molar refractivity (Wildman–Crippen MR) is 59.4 cm³/mol. The fourth-order valence-corrected chi connectivity index (χ4v) is 3.58. The molecule has 0 bridgehead atoms. The van der Waals surface area contributed by atoms with Crippen LogP contribution in [0.2, 0.25) is 0 Å². The zero-order valence-corrected chi connectivity index (χ0v) is 9.58. The second-order valence-corrected chi connectivity index (χ2v) is 5.75. The molecule has 3 atom stereocenters. The van der Waals surface area contributed by atoms with Crippen LogP contribution in [-0.2, 0) is 9.59 Å². The molecule has 0 aromatic rings. The van der Waals surface area contributed by atoms with Gasteiger partial charge in [-0.1, -0.05) is 12.8 Å². The summed E-state index contributed by atoms with van der Waals surface area (Å²) in [5.41, 5.74) is 0. The van der Waals surface area contributed by atoms with Crippen LogP contribution < -0.4 is 5.32 Å². The van der Waals surface area contributed by atoms with Crippen LogP contribution in [0.3, 0.4) is 0 Å². The lowest BCUT2D eigenvalue weighted by Crippen LogP contribution is -2.29. The van der Waals surface area contributed by atoms with Crippen LogP contribution in [0.1, 0.15) is 44.9 Å². The fourth-order valence-electron chi connectivity index (χ4n) is 3.58. The molecule has 2 saturated carbocycles. The van der Waals surface area contributed by atoms with Crippen molar-refractivity contribution in [3.05, 3.63) is 0 Å². The molecule has 3 fully saturated rings. The lowest BCUT2D eigenvalue weighted by molar-refractivity contribution is -0.126. The van der Waals surface area contributed by atoms with Gasteiger partial charge in [0, 0.05) is 12.3 Å². The molecule has 1 aliphatic heterocycles. The van der Waals surface area contributed by atoms with E-state index in [1.54, 1.807) is 0 Å². The zero-order valence-electron chi connectivity index (χ0n) is 9.58. The second kappa shape index (κ2) is 3.86. The van der Waals surface area contributed by atoms with E-state index >= 15 is 0 Å². The first-order chi connectivity index (χ1) is 7.74. The van der Waals surface area contributed by atoms with Crippen molar-refractivity contribution in [2.24, 2.45) is 23.7 Å². The third kappa shape index (κ3) is 1.87. The predicted octanol–water partition coefficient (Wildman–Crippen LogP) is 1.87. The van der Waals surface area contributed by atoms with Gasteiger partial charge in [-0.25, -0.2) is 0 Å². The van der Waals surface area contributed by atoms with Crippen molar-refractivity contribution >= 4 is 11.8 Å². The van der Waals surface area contributed by atoms with Crippen molar-refractivity contribution < 1.29 is 9.59 Å². The van der Waals surface area contributed by atoms with Crippen molar-refractivity contribution in [1.82, 2.24) is 5.32 Å². The molecular weight excluding hydrogens is 202 g/mol. The normalized spacial score (nSPS) is 39.9. The van der Waals surface area contributed by atoms with Crippen LogP contribution in [0, 0.1) is 23.7 Å². The Morgan fingerprint density at radius 3 is 2.31 bits per heavy atom. The smallest absolute Gasteiger partial charge is 0.230 e. The Morgan fingerprint density at radius 2 is 1.69 bits per heavy atom. The summed E-state index contributed by atoms with van der Waals surface area (Å²) >= 11 is 0. The van der Waals surface area contributed by atoms with Crippen LogP contribution in [0.15, 0.2) is 0 Å². The summed E-state index contributed by atoms with van der Waals surface area (Å²) in [5.74, 6) is 2.19. The number of carbonyl (C=O) groups is 2. The monoisotopic (exact) mass is 221 g/mol. The van der Waals surface area contributed by atoms with Crippen LogP contribution in [0.25, 0.3) is 0 Å². The van der Waals surface area contributed by atoms with Crippen LogP contribution in [-0.4, -0.2) is 11.8 Å². The van der Waals surface area contributed by atoms with Crippen LogP contribution in [0.4, 0.5) is 0 Å². The molecule has 0 aromatic heterocycles. The summed E-state index contributed by atoms with van der Waals surface area (Å²) < 4.78 is 0. The third-order valence-electron chi connectivity index (χ3n) is 4.62. The second-order valence-electron chi connectivity index (χ2n) is 5.75. The Labute approximate surface area is 96.0 Å². The Kier molecular flexibility index (Phi) is 2.49. The number of rotatable bonds is 2. The fraction of sp³-hybridized carbons (Fsp3) is 0.846. The van der Waals surface area contributed by atoms with Crippen molar-refractivity contribution in [2.45, 2.75) is 44.9 Å². The van der Waals surface area contributed by atoms with E-state index in [0.717, 1.165) is 18.3 Å². The number of hydrogen-bond donors (Lipinski definition) is 1. The Balaban J connectivity index is 1.65. The van der Waals surface area contributed by atoms with E-state index in [-0.39, 0.29) is 17.7 Å². The lowest BCUT2D eigenvalue weighted by Gasteiger charge is -2.31. The standard InChI is InChI=1S/C13H19NO2/c15-12-7-11(13(16)14-12)10-3-1-2-9(6-10)8-4-5-8/h8-11H,1-7H2,(H,14,15,16). The zero-order chi connectivity index (χ0) is 11.1. The van der Waals surface area contributed by atoms with Gasteiger partial charge in [0.25, 0.3) is 0 Å². The van der Waals surface area contributed by atoms with Crippen molar-refractivity contribution in [1.29, 1.82) is 0 Å². The summed E-state index contributed by atoms with van der Waals surface area (Å²) in [5, 5.41) is 2.45. The average Bonchev–Trinajstić information content (AvgIpc) is 3.05. The van der Waals surface area contributed by atoms with Crippen LogP contribution >= 0.6 is 0 Å². The van der Waals surface area contributed by atoms with Crippen LogP contribution in [0.5, 0.6) is 0 Å². The average molecular weight is 221 g/mol. The third-order valence-corrected chi connectivity index (χ3v) is 4.62. The lowest BCUT2D eigenvalue weighted by atomic mass is 9.73. The van der Waals surface area contributed by atoms with Gasteiger partial charge in [0.2, 0.25) is 11.8 Å². The van der Waals surface area contributed by atoms with Gasteiger partial charge >= 0.3 is 0 Å². The summed E-state index contributed by atoms with van der Waals surface area (Å²) in [4.78, 5) is 22.8. The first kappa shape index (κ1) is 10.3. The molecule has 0 spiro atoms. The first-order valence-corrected chi connectivity index (χ1v) is 6.57. The highest BCUT2D eigenvalue weighted by atomic mass is 16.2. The number of hydrogen-bond acceptors (Lipinski definition) is 2. The highest BCUT2D eigenvalue weighted by Gasteiger charge is 2.41. The highest BCUT2D eigenvalue weighted by molar-refractivity contribution is 6.03. The molecule has 2 amide bonds. The molecule has 3 unspecified atom stereocenters. The first-order valence-electron chi connectivity index (χ1n) is 6.57. The van der Waals surface area contributed by atoms with Gasteiger partial charge in [-0.05, 0) is 43.4 Å². The molecule has 0 radical (unpaired) electrons. The molecule has 3 aliphatic rings.